The Morgan fingerprint density at radius 1 is 1.44 bits per heavy atom. The molecule has 0 spiro atoms. The SMILES string of the molecule is O=C(c1ccn(Cc2cccs2)c1)C1CC1. The first-order chi connectivity index (χ1) is 7.83. The van der Waals surface area contributed by atoms with Gasteiger partial charge in [-0.1, -0.05) is 6.07 Å². The van der Waals surface area contributed by atoms with Crippen molar-refractivity contribution in [1.29, 1.82) is 0 Å². The number of nitrogens with zero attached hydrogens (tertiary/aromatic N) is 1. The molecule has 0 aromatic carbocycles. The molecule has 0 N–H and O–H groups in total. The van der Waals surface area contributed by atoms with E-state index in [1.807, 2.05) is 18.5 Å². The Morgan fingerprint density at radius 3 is 3.00 bits per heavy atom. The number of carbonyl (C=O) groups excluding carboxylic acids is 1. The highest BCUT2D eigenvalue weighted by Gasteiger charge is 2.30. The molecule has 0 radical (unpaired) electrons. The lowest BCUT2D eigenvalue weighted by Gasteiger charge is -1.98. The van der Waals surface area contributed by atoms with Gasteiger partial charge in [-0.05, 0) is 30.4 Å². The van der Waals surface area contributed by atoms with Crippen molar-refractivity contribution in [1.82, 2.24) is 4.57 Å². The maximum atomic E-state index is 11.8. The quantitative estimate of drug-likeness (QED) is 0.741. The monoisotopic (exact) mass is 231 g/mol. The molecule has 2 heterocycles. The predicted molar refractivity (Wildman–Crippen MR) is 64.9 cm³/mol. The topological polar surface area (TPSA) is 22.0 Å². The summed E-state index contributed by atoms with van der Waals surface area (Å²) in [5.41, 5.74) is 0.874. The fourth-order valence-corrected chi connectivity index (χ4v) is 2.56. The van der Waals surface area contributed by atoms with E-state index >= 15 is 0 Å². The zero-order valence-corrected chi connectivity index (χ0v) is 9.74. The van der Waals surface area contributed by atoms with Gasteiger partial charge in [-0.2, -0.15) is 0 Å². The highest BCUT2D eigenvalue weighted by atomic mass is 32.1. The number of hydrogen-bond donors (Lipinski definition) is 0. The molecule has 0 atom stereocenters. The van der Waals surface area contributed by atoms with Crippen LogP contribution in [0.2, 0.25) is 0 Å². The molecule has 2 aromatic rings. The molecule has 1 fully saturated rings. The average molecular weight is 231 g/mol. The van der Waals surface area contributed by atoms with Gasteiger partial charge in [0.25, 0.3) is 0 Å². The first kappa shape index (κ1) is 9.85. The van der Waals surface area contributed by atoms with Gasteiger partial charge in [0.1, 0.15) is 0 Å². The highest BCUT2D eigenvalue weighted by molar-refractivity contribution is 7.09. The summed E-state index contributed by atoms with van der Waals surface area (Å²) in [6, 6.07) is 6.11. The number of carbonyl (C=O) groups is 1. The van der Waals surface area contributed by atoms with E-state index in [4.69, 9.17) is 0 Å². The standard InChI is InChI=1S/C13H13NOS/c15-13(10-3-4-10)11-5-6-14(8-11)9-12-2-1-7-16-12/h1-2,5-8,10H,3-4,9H2. The molecule has 0 saturated heterocycles. The van der Waals surface area contributed by atoms with Crippen molar-refractivity contribution >= 4 is 17.1 Å². The van der Waals surface area contributed by atoms with Crippen molar-refractivity contribution < 1.29 is 4.79 Å². The van der Waals surface area contributed by atoms with Gasteiger partial charge >= 0.3 is 0 Å². The van der Waals surface area contributed by atoms with Gasteiger partial charge < -0.3 is 4.57 Å². The minimum atomic E-state index is 0.317. The molecule has 0 amide bonds. The summed E-state index contributed by atoms with van der Waals surface area (Å²) in [7, 11) is 0. The third kappa shape index (κ3) is 1.95. The molecular weight excluding hydrogens is 218 g/mol. The van der Waals surface area contributed by atoms with Crippen LogP contribution < -0.4 is 0 Å². The van der Waals surface area contributed by atoms with E-state index in [1.54, 1.807) is 11.3 Å². The molecule has 1 aliphatic carbocycles. The van der Waals surface area contributed by atoms with Crippen LogP contribution in [0, 0.1) is 5.92 Å². The molecule has 1 aliphatic rings. The summed E-state index contributed by atoms with van der Waals surface area (Å²) < 4.78 is 2.08. The lowest BCUT2D eigenvalue weighted by Crippen LogP contribution is -2.00. The second-order valence-electron chi connectivity index (χ2n) is 4.29. The molecule has 0 aliphatic heterocycles. The van der Waals surface area contributed by atoms with E-state index < -0.39 is 0 Å². The van der Waals surface area contributed by atoms with Crippen LogP contribution in [0.15, 0.2) is 36.0 Å². The Labute approximate surface area is 98.5 Å². The van der Waals surface area contributed by atoms with Gasteiger partial charge in [-0.25, -0.2) is 0 Å². The average Bonchev–Trinajstić information content (AvgIpc) is 2.82. The second-order valence-corrected chi connectivity index (χ2v) is 5.32. The molecular formula is C13H13NOS. The van der Waals surface area contributed by atoms with Crippen molar-refractivity contribution in [3.63, 3.8) is 0 Å². The first-order valence-corrected chi connectivity index (χ1v) is 6.43. The molecule has 16 heavy (non-hydrogen) atoms. The molecule has 82 valence electrons. The Morgan fingerprint density at radius 2 is 2.31 bits per heavy atom. The summed E-state index contributed by atoms with van der Waals surface area (Å²) in [6.07, 6.45) is 6.12. The van der Waals surface area contributed by atoms with Gasteiger partial charge in [0.2, 0.25) is 0 Å². The number of thiophene rings is 1. The maximum Gasteiger partial charge on any atom is 0.167 e. The van der Waals surface area contributed by atoms with Crippen molar-refractivity contribution in [2.45, 2.75) is 19.4 Å². The predicted octanol–water partition coefficient (Wildman–Crippen LogP) is 3.19. The largest absolute Gasteiger partial charge is 0.348 e. The van der Waals surface area contributed by atoms with Crippen LogP contribution >= 0.6 is 11.3 Å². The summed E-state index contributed by atoms with van der Waals surface area (Å²) in [6.45, 7) is 0.871. The normalized spacial score (nSPS) is 15.2. The van der Waals surface area contributed by atoms with Gasteiger partial charge in [0.05, 0.1) is 6.54 Å². The number of hydrogen-bond acceptors (Lipinski definition) is 2. The number of ketones is 1. The van der Waals surface area contributed by atoms with Crippen LogP contribution in [0.25, 0.3) is 0 Å². The Balaban J connectivity index is 1.74. The van der Waals surface area contributed by atoms with E-state index in [1.165, 1.54) is 4.88 Å². The third-order valence-corrected chi connectivity index (χ3v) is 3.76. The Kier molecular flexibility index (Phi) is 2.40. The second kappa shape index (κ2) is 3.91. The molecule has 1 saturated carbocycles. The van der Waals surface area contributed by atoms with Gasteiger partial charge in [0, 0.05) is 28.8 Å². The third-order valence-electron chi connectivity index (χ3n) is 2.90. The fourth-order valence-electron chi connectivity index (χ4n) is 1.85. The minimum absolute atomic E-state index is 0.317. The highest BCUT2D eigenvalue weighted by Crippen LogP contribution is 2.32. The Bertz CT molecular complexity index is 494. The van der Waals surface area contributed by atoms with Gasteiger partial charge in [-0.3, -0.25) is 4.79 Å². The van der Waals surface area contributed by atoms with Crippen molar-refractivity contribution in [3.8, 4) is 0 Å². The molecule has 0 bridgehead atoms. The van der Waals surface area contributed by atoms with Crippen molar-refractivity contribution in [3.05, 3.63) is 46.4 Å². The van der Waals surface area contributed by atoms with Gasteiger partial charge in [-0.15, -0.1) is 11.3 Å². The van der Waals surface area contributed by atoms with E-state index in [2.05, 4.69) is 22.1 Å². The zero-order valence-electron chi connectivity index (χ0n) is 8.93. The molecule has 2 nitrogen and oxygen atoms in total. The molecule has 3 heteroatoms. The lowest BCUT2D eigenvalue weighted by atomic mass is 10.1. The number of Topliss-reactive ketones (excluding diaryl/α,β-unsaturated/α-hetero) is 1. The van der Waals surface area contributed by atoms with Crippen molar-refractivity contribution in [2.24, 2.45) is 5.92 Å². The molecule has 2 aromatic heterocycles. The van der Waals surface area contributed by atoms with Crippen LogP contribution in [0.5, 0.6) is 0 Å². The summed E-state index contributed by atoms with van der Waals surface area (Å²) in [5, 5.41) is 2.08. The molecule has 3 rings (SSSR count). The van der Waals surface area contributed by atoms with E-state index in [-0.39, 0.29) is 0 Å². The van der Waals surface area contributed by atoms with Crippen LogP contribution in [0.3, 0.4) is 0 Å². The minimum Gasteiger partial charge on any atom is -0.348 e. The summed E-state index contributed by atoms with van der Waals surface area (Å²) >= 11 is 1.75. The fraction of sp³-hybridized carbons (Fsp3) is 0.308. The maximum absolute atomic E-state index is 11.8. The number of rotatable bonds is 4. The summed E-state index contributed by atoms with van der Waals surface area (Å²) in [5.74, 6) is 0.641. The smallest absolute Gasteiger partial charge is 0.167 e. The van der Waals surface area contributed by atoms with Crippen LogP contribution in [-0.2, 0) is 6.54 Å². The van der Waals surface area contributed by atoms with Crippen molar-refractivity contribution in [2.75, 3.05) is 0 Å². The van der Waals surface area contributed by atoms with Crippen LogP contribution in [0.4, 0.5) is 0 Å². The van der Waals surface area contributed by atoms with E-state index in [0.29, 0.717) is 11.7 Å². The zero-order chi connectivity index (χ0) is 11.0. The summed E-state index contributed by atoms with van der Waals surface area (Å²) in [4.78, 5) is 13.1. The van der Waals surface area contributed by atoms with E-state index in [0.717, 1.165) is 24.9 Å². The molecule has 0 unspecified atom stereocenters. The van der Waals surface area contributed by atoms with Gasteiger partial charge in [0.15, 0.2) is 5.78 Å². The van der Waals surface area contributed by atoms with Crippen LogP contribution in [0.1, 0.15) is 28.1 Å². The van der Waals surface area contributed by atoms with Crippen LogP contribution in [-0.4, -0.2) is 10.4 Å². The van der Waals surface area contributed by atoms with E-state index in [9.17, 15) is 4.79 Å². The first-order valence-electron chi connectivity index (χ1n) is 5.55. The Hall–Kier alpha value is -1.35. The lowest BCUT2D eigenvalue weighted by molar-refractivity contribution is 0.0967. The number of aromatic nitrogens is 1.